The molecule has 1 amide bonds. The number of carboxylic acid groups (broad SMARTS) is 1. The summed E-state index contributed by atoms with van der Waals surface area (Å²) in [7, 11) is 0. The second-order valence-electron chi connectivity index (χ2n) is 3.40. The zero-order valence-corrected chi connectivity index (χ0v) is 10.8. The molecule has 19 heavy (non-hydrogen) atoms. The fourth-order valence-corrected chi connectivity index (χ4v) is 2.11. The van der Waals surface area contributed by atoms with Gasteiger partial charge >= 0.3 is 5.97 Å². The van der Waals surface area contributed by atoms with Crippen molar-refractivity contribution in [2.45, 2.75) is 0 Å². The van der Waals surface area contributed by atoms with E-state index in [2.05, 4.69) is 10.3 Å². The molecule has 2 aromatic rings. The van der Waals surface area contributed by atoms with E-state index < -0.39 is 17.7 Å². The van der Waals surface area contributed by atoms with E-state index in [4.69, 9.17) is 16.7 Å². The fraction of sp³-hybridized carbons (Fsp3) is 0. The van der Waals surface area contributed by atoms with Crippen molar-refractivity contribution >= 4 is 40.5 Å². The molecule has 0 saturated heterocycles. The van der Waals surface area contributed by atoms with Crippen LogP contribution < -0.4 is 5.32 Å². The summed E-state index contributed by atoms with van der Waals surface area (Å²) in [5.74, 6) is -2.68. The summed E-state index contributed by atoms with van der Waals surface area (Å²) in [6, 6.07) is 4.16. The predicted molar refractivity (Wildman–Crippen MR) is 68.4 cm³/mol. The Morgan fingerprint density at radius 1 is 1.42 bits per heavy atom. The molecule has 0 saturated carbocycles. The maximum atomic E-state index is 13.6. The molecule has 0 fully saturated rings. The van der Waals surface area contributed by atoms with Gasteiger partial charge in [-0.05, 0) is 12.1 Å². The third kappa shape index (κ3) is 2.88. The first-order valence-electron chi connectivity index (χ1n) is 4.93. The number of thiazole rings is 1. The van der Waals surface area contributed by atoms with Crippen molar-refractivity contribution in [3.05, 3.63) is 45.1 Å². The third-order valence-electron chi connectivity index (χ3n) is 2.12. The molecule has 2 rings (SSSR count). The van der Waals surface area contributed by atoms with Crippen LogP contribution >= 0.6 is 22.9 Å². The lowest BCUT2D eigenvalue weighted by atomic mass is 10.3. The normalized spacial score (nSPS) is 10.2. The van der Waals surface area contributed by atoms with E-state index in [1.807, 2.05) is 0 Å². The summed E-state index contributed by atoms with van der Waals surface area (Å²) in [4.78, 5) is 26.0. The Bertz CT molecular complexity index is 659. The van der Waals surface area contributed by atoms with Crippen LogP contribution in [0.5, 0.6) is 0 Å². The number of benzene rings is 1. The van der Waals surface area contributed by atoms with Crippen LogP contribution in [0.1, 0.15) is 20.3 Å². The molecule has 0 bridgehead atoms. The van der Waals surface area contributed by atoms with Crippen molar-refractivity contribution in [3.63, 3.8) is 0 Å². The number of carbonyl (C=O) groups excluding carboxylic acids is 1. The van der Waals surface area contributed by atoms with Crippen LogP contribution in [0.3, 0.4) is 0 Å². The van der Waals surface area contributed by atoms with Crippen molar-refractivity contribution in [1.82, 2.24) is 4.98 Å². The van der Waals surface area contributed by atoms with Gasteiger partial charge in [-0.3, -0.25) is 4.79 Å². The van der Waals surface area contributed by atoms with Gasteiger partial charge in [0.05, 0.1) is 10.7 Å². The molecule has 0 atom stereocenters. The van der Waals surface area contributed by atoms with E-state index in [1.165, 1.54) is 23.6 Å². The van der Waals surface area contributed by atoms with E-state index >= 15 is 0 Å². The van der Waals surface area contributed by atoms with Gasteiger partial charge in [0.25, 0.3) is 5.91 Å². The minimum Gasteiger partial charge on any atom is -0.476 e. The van der Waals surface area contributed by atoms with Crippen LogP contribution in [-0.2, 0) is 0 Å². The monoisotopic (exact) mass is 300 g/mol. The number of carbonyl (C=O) groups is 2. The van der Waals surface area contributed by atoms with Crippen LogP contribution in [0.15, 0.2) is 23.6 Å². The summed E-state index contributed by atoms with van der Waals surface area (Å²) in [6.45, 7) is 0. The van der Waals surface area contributed by atoms with Crippen molar-refractivity contribution in [2.24, 2.45) is 0 Å². The molecule has 1 aromatic carbocycles. The maximum Gasteiger partial charge on any atom is 0.355 e. The first kappa shape index (κ1) is 13.4. The zero-order chi connectivity index (χ0) is 14.0. The fourth-order valence-electron chi connectivity index (χ4n) is 1.25. The van der Waals surface area contributed by atoms with Gasteiger partial charge in [0.15, 0.2) is 16.5 Å². The first-order valence-corrected chi connectivity index (χ1v) is 6.19. The lowest BCUT2D eigenvalue weighted by Crippen LogP contribution is -2.13. The van der Waals surface area contributed by atoms with Gasteiger partial charge in [0, 0.05) is 5.38 Å². The molecule has 0 unspecified atom stereocenters. The van der Waals surface area contributed by atoms with Gasteiger partial charge < -0.3 is 10.4 Å². The smallest absolute Gasteiger partial charge is 0.355 e. The topological polar surface area (TPSA) is 79.3 Å². The third-order valence-corrected chi connectivity index (χ3v) is 3.25. The molecule has 98 valence electrons. The molecule has 0 radical (unpaired) electrons. The van der Waals surface area contributed by atoms with Gasteiger partial charge in [-0.25, -0.2) is 14.2 Å². The van der Waals surface area contributed by atoms with Crippen LogP contribution in [0.4, 0.5) is 10.1 Å². The predicted octanol–water partition coefficient (Wildman–Crippen LogP) is 2.89. The molecular weight excluding hydrogens is 295 g/mol. The van der Waals surface area contributed by atoms with Crippen molar-refractivity contribution in [2.75, 3.05) is 5.32 Å². The molecule has 0 aliphatic rings. The SMILES string of the molecule is O=C(O)c1csc(C(=O)Nc2cccc(Cl)c2F)n1. The Morgan fingerprint density at radius 2 is 2.16 bits per heavy atom. The highest BCUT2D eigenvalue weighted by atomic mass is 35.5. The second kappa shape index (κ2) is 5.33. The van der Waals surface area contributed by atoms with E-state index in [0.717, 1.165) is 11.3 Å². The molecule has 1 aromatic heterocycles. The molecule has 8 heteroatoms. The number of nitrogens with one attached hydrogen (secondary N) is 1. The van der Waals surface area contributed by atoms with Gasteiger partial charge in [0.1, 0.15) is 0 Å². The minimum absolute atomic E-state index is 0.0724. The number of nitrogens with zero attached hydrogens (tertiary/aromatic N) is 1. The molecule has 0 aliphatic heterocycles. The average molecular weight is 301 g/mol. The van der Waals surface area contributed by atoms with Crippen molar-refractivity contribution in [1.29, 1.82) is 0 Å². The lowest BCUT2D eigenvalue weighted by molar-refractivity contribution is 0.0691. The number of halogens is 2. The van der Waals surface area contributed by atoms with E-state index in [9.17, 15) is 14.0 Å². The summed E-state index contributed by atoms with van der Waals surface area (Å²) < 4.78 is 13.6. The Kier molecular flexibility index (Phi) is 3.77. The molecular formula is C11H6ClFN2O3S. The molecule has 5 nitrogen and oxygen atoms in total. The molecule has 0 spiro atoms. The Labute approximate surface area is 115 Å². The van der Waals surface area contributed by atoms with Crippen LogP contribution in [0, 0.1) is 5.82 Å². The van der Waals surface area contributed by atoms with Crippen molar-refractivity contribution < 1.29 is 19.1 Å². The Hall–Kier alpha value is -1.99. The number of amides is 1. The maximum absolute atomic E-state index is 13.6. The van der Waals surface area contributed by atoms with E-state index in [0.29, 0.717) is 0 Å². The van der Waals surface area contributed by atoms with E-state index in [1.54, 1.807) is 0 Å². The zero-order valence-electron chi connectivity index (χ0n) is 9.18. The highest BCUT2D eigenvalue weighted by Gasteiger charge is 2.16. The summed E-state index contributed by atoms with van der Waals surface area (Å²) in [5, 5.41) is 12.0. The number of hydrogen-bond donors (Lipinski definition) is 2. The van der Waals surface area contributed by atoms with Crippen LogP contribution in [0.2, 0.25) is 5.02 Å². The minimum atomic E-state index is -1.23. The summed E-state index contributed by atoms with van der Waals surface area (Å²) in [6.07, 6.45) is 0. The number of aromatic carboxylic acids is 1. The van der Waals surface area contributed by atoms with Crippen LogP contribution in [-0.4, -0.2) is 22.0 Å². The lowest BCUT2D eigenvalue weighted by Gasteiger charge is -2.05. The summed E-state index contributed by atoms with van der Waals surface area (Å²) in [5.41, 5.74) is -0.328. The second-order valence-corrected chi connectivity index (χ2v) is 4.66. The number of aromatic nitrogens is 1. The van der Waals surface area contributed by atoms with Crippen molar-refractivity contribution in [3.8, 4) is 0 Å². The number of anilines is 1. The van der Waals surface area contributed by atoms with Gasteiger partial charge in [-0.1, -0.05) is 17.7 Å². The molecule has 1 heterocycles. The quantitative estimate of drug-likeness (QED) is 0.913. The van der Waals surface area contributed by atoms with Gasteiger partial charge in [-0.15, -0.1) is 11.3 Å². The number of carboxylic acids is 1. The largest absolute Gasteiger partial charge is 0.476 e. The number of hydrogen-bond acceptors (Lipinski definition) is 4. The highest BCUT2D eigenvalue weighted by molar-refractivity contribution is 7.12. The van der Waals surface area contributed by atoms with Gasteiger partial charge in [0.2, 0.25) is 0 Å². The average Bonchev–Trinajstić information content (AvgIpc) is 2.84. The Balaban J connectivity index is 2.21. The molecule has 2 N–H and O–H groups in total. The first-order chi connectivity index (χ1) is 8.99. The van der Waals surface area contributed by atoms with Gasteiger partial charge in [-0.2, -0.15) is 0 Å². The van der Waals surface area contributed by atoms with E-state index in [-0.39, 0.29) is 21.4 Å². The standard InChI is InChI=1S/C11H6ClFN2O3S/c12-5-2-1-3-6(8(5)13)14-9(16)10-15-7(4-19-10)11(17)18/h1-4H,(H,14,16)(H,17,18). The number of rotatable bonds is 3. The Morgan fingerprint density at radius 3 is 2.79 bits per heavy atom. The summed E-state index contributed by atoms with van der Waals surface area (Å²) >= 11 is 6.43. The van der Waals surface area contributed by atoms with Crippen LogP contribution in [0.25, 0.3) is 0 Å². The highest BCUT2D eigenvalue weighted by Crippen LogP contribution is 2.23. The molecule has 0 aliphatic carbocycles.